The Kier molecular flexibility index (Phi) is 5.69. The standard InChI is InChI=1S/C28H24ClNO3/c1-30-24-13-9-19-5-3-4-6-22(19)28(24)23(16-27(30)31)20-10-14-25(26(15-20)32-2)33-17-18-7-11-21(29)12-8-18/h3-15,23H,16-17H2,1-2H3. The lowest BCUT2D eigenvalue weighted by Crippen LogP contribution is -2.33. The van der Waals surface area contributed by atoms with E-state index in [1.807, 2.05) is 67.7 Å². The van der Waals surface area contributed by atoms with Crippen LogP contribution in [0.15, 0.2) is 78.9 Å². The summed E-state index contributed by atoms with van der Waals surface area (Å²) in [6.07, 6.45) is 0.408. The molecule has 0 fully saturated rings. The monoisotopic (exact) mass is 457 g/mol. The third-order valence-corrected chi connectivity index (χ3v) is 6.56. The molecule has 5 rings (SSSR count). The molecule has 0 saturated heterocycles. The molecule has 0 aliphatic carbocycles. The zero-order chi connectivity index (χ0) is 22.9. The van der Waals surface area contributed by atoms with Crippen LogP contribution in [0.1, 0.15) is 29.0 Å². The van der Waals surface area contributed by atoms with E-state index >= 15 is 0 Å². The van der Waals surface area contributed by atoms with E-state index in [2.05, 4.69) is 18.2 Å². The lowest BCUT2D eigenvalue weighted by molar-refractivity contribution is -0.118. The first-order valence-corrected chi connectivity index (χ1v) is 11.3. The number of rotatable bonds is 5. The fourth-order valence-electron chi connectivity index (χ4n) is 4.54. The predicted octanol–water partition coefficient (Wildman–Crippen LogP) is 6.58. The van der Waals surface area contributed by atoms with Crippen LogP contribution in [0.3, 0.4) is 0 Å². The molecule has 1 aliphatic heterocycles. The molecule has 4 aromatic rings. The normalized spacial score (nSPS) is 15.4. The molecule has 0 bridgehead atoms. The Bertz CT molecular complexity index is 1330. The molecule has 0 spiro atoms. The number of ether oxygens (including phenoxy) is 2. The van der Waals surface area contributed by atoms with E-state index in [9.17, 15) is 4.79 Å². The maximum atomic E-state index is 12.8. The molecule has 1 aliphatic rings. The highest BCUT2D eigenvalue weighted by Gasteiger charge is 2.32. The molecule has 1 atom stereocenters. The van der Waals surface area contributed by atoms with Gasteiger partial charge in [-0.1, -0.05) is 60.1 Å². The molecule has 1 amide bonds. The van der Waals surface area contributed by atoms with Gasteiger partial charge in [-0.05, 0) is 57.8 Å². The number of benzene rings is 4. The van der Waals surface area contributed by atoms with Crippen LogP contribution in [0.5, 0.6) is 11.5 Å². The van der Waals surface area contributed by atoms with Crippen molar-refractivity contribution in [3.63, 3.8) is 0 Å². The van der Waals surface area contributed by atoms with Gasteiger partial charge in [-0.15, -0.1) is 0 Å². The molecule has 0 N–H and O–H groups in total. The van der Waals surface area contributed by atoms with Gasteiger partial charge < -0.3 is 14.4 Å². The second-order valence-electron chi connectivity index (χ2n) is 8.25. The van der Waals surface area contributed by atoms with Crippen molar-refractivity contribution in [2.45, 2.75) is 18.9 Å². The van der Waals surface area contributed by atoms with Crippen molar-refractivity contribution in [3.8, 4) is 11.5 Å². The van der Waals surface area contributed by atoms with Crippen molar-refractivity contribution < 1.29 is 14.3 Å². The Morgan fingerprint density at radius 2 is 1.76 bits per heavy atom. The van der Waals surface area contributed by atoms with Gasteiger partial charge in [-0.2, -0.15) is 0 Å². The molecule has 4 aromatic carbocycles. The first-order valence-electron chi connectivity index (χ1n) is 10.9. The number of nitrogens with zero attached hydrogens (tertiary/aromatic N) is 1. The summed E-state index contributed by atoms with van der Waals surface area (Å²) in [4.78, 5) is 14.6. The summed E-state index contributed by atoms with van der Waals surface area (Å²) in [5.41, 5.74) is 4.18. The molecule has 1 unspecified atom stereocenters. The smallest absolute Gasteiger partial charge is 0.227 e. The molecule has 166 valence electrons. The largest absolute Gasteiger partial charge is 0.493 e. The Morgan fingerprint density at radius 3 is 2.55 bits per heavy atom. The maximum absolute atomic E-state index is 12.8. The van der Waals surface area contributed by atoms with Gasteiger partial charge in [0.15, 0.2) is 11.5 Å². The zero-order valence-electron chi connectivity index (χ0n) is 18.5. The van der Waals surface area contributed by atoms with Crippen molar-refractivity contribution in [2.75, 3.05) is 19.1 Å². The minimum atomic E-state index is -0.0611. The SMILES string of the molecule is COc1cc(C2CC(=O)N(C)c3ccc4ccccc4c32)ccc1OCc1ccc(Cl)cc1. The topological polar surface area (TPSA) is 38.8 Å². The average Bonchev–Trinajstić information content (AvgIpc) is 2.85. The van der Waals surface area contributed by atoms with Crippen LogP contribution in [0.25, 0.3) is 10.8 Å². The zero-order valence-corrected chi connectivity index (χ0v) is 19.3. The van der Waals surface area contributed by atoms with Crippen molar-refractivity contribution in [3.05, 3.63) is 101 Å². The van der Waals surface area contributed by atoms with E-state index in [1.165, 1.54) is 16.3 Å². The third kappa shape index (κ3) is 4.03. The minimum absolute atomic E-state index is 0.0611. The second kappa shape index (κ2) is 8.80. The first kappa shape index (κ1) is 21.4. The number of amides is 1. The number of hydrogen-bond donors (Lipinski definition) is 0. The van der Waals surface area contributed by atoms with Gasteiger partial charge in [0.25, 0.3) is 0 Å². The lowest BCUT2D eigenvalue weighted by atomic mass is 9.81. The van der Waals surface area contributed by atoms with E-state index in [4.69, 9.17) is 21.1 Å². The van der Waals surface area contributed by atoms with Crippen LogP contribution in [0.2, 0.25) is 5.02 Å². The number of halogens is 1. The summed E-state index contributed by atoms with van der Waals surface area (Å²) in [6, 6.07) is 26.0. The summed E-state index contributed by atoms with van der Waals surface area (Å²) < 4.78 is 11.7. The molecule has 0 saturated carbocycles. The van der Waals surface area contributed by atoms with E-state index in [1.54, 1.807) is 12.0 Å². The summed E-state index contributed by atoms with van der Waals surface area (Å²) in [5, 5.41) is 3.03. The van der Waals surface area contributed by atoms with Gasteiger partial charge in [0.1, 0.15) is 6.61 Å². The molecule has 1 heterocycles. The van der Waals surface area contributed by atoms with Crippen molar-refractivity contribution in [1.29, 1.82) is 0 Å². The third-order valence-electron chi connectivity index (χ3n) is 6.31. The molecule has 33 heavy (non-hydrogen) atoms. The number of hydrogen-bond acceptors (Lipinski definition) is 3. The van der Waals surface area contributed by atoms with Crippen molar-refractivity contribution in [1.82, 2.24) is 0 Å². The van der Waals surface area contributed by atoms with Crippen LogP contribution in [0.4, 0.5) is 5.69 Å². The van der Waals surface area contributed by atoms with Gasteiger partial charge in [-0.3, -0.25) is 4.79 Å². The molecular weight excluding hydrogens is 434 g/mol. The van der Waals surface area contributed by atoms with Crippen LogP contribution in [-0.4, -0.2) is 20.1 Å². The van der Waals surface area contributed by atoms with E-state index in [0.717, 1.165) is 16.8 Å². The fourth-order valence-corrected chi connectivity index (χ4v) is 4.66. The highest BCUT2D eigenvalue weighted by Crippen LogP contribution is 2.45. The summed E-state index contributed by atoms with van der Waals surface area (Å²) in [5.74, 6) is 1.35. The van der Waals surface area contributed by atoms with Crippen LogP contribution in [-0.2, 0) is 11.4 Å². The number of anilines is 1. The molecule has 0 radical (unpaired) electrons. The van der Waals surface area contributed by atoms with Gasteiger partial charge in [0, 0.05) is 30.1 Å². The van der Waals surface area contributed by atoms with Crippen molar-refractivity contribution >= 4 is 34.0 Å². The summed E-state index contributed by atoms with van der Waals surface area (Å²) in [7, 11) is 3.48. The quantitative estimate of drug-likeness (QED) is 0.340. The molecule has 0 aromatic heterocycles. The van der Waals surface area contributed by atoms with Gasteiger partial charge in [0.2, 0.25) is 5.91 Å². The predicted molar refractivity (Wildman–Crippen MR) is 133 cm³/mol. The van der Waals surface area contributed by atoms with E-state index in [-0.39, 0.29) is 11.8 Å². The lowest BCUT2D eigenvalue weighted by Gasteiger charge is -2.33. The number of methoxy groups -OCH3 is 1. The summed E-state index contributed by atoms with van der Waals surface area (Å²) in [6.45, 7) is 0.410. The average molecular weight is 458 g/mol. The van der Waals surface area contributed by atoms with E-state index in [0.29, 0.717) is 29.5 Å². The number of carbonyl (C=O) groups is 1. The van der Waals surface area contributed by atoms with Crippen LogP contribution in [0, 0.1) is 0 Å². The minimum Gasteiger partial charge on any atom is -0.493 e. The molecule has 4 nitrogen and oxygen atoms in total. The van der Waals surface area contributed by atoms with Gasteiger partial charge in [-0.25, -0.2) is 0 Å². The van der Waals surface area contributed by atoms with Crippen molar-refractivity contribution in [2.24, 2.45) is 0 Å². The molecule has 5 heteroatoms. The Hall–Kier alpha value is -3.50. The number of carbonyl (C=O) groups excluding carboxylic acids is 1. The van der Waals surface area contributed by atoms with Crippen LogP contribution >= 0.6 is 11.6 Å². The van der Waals surface area contributed by atoms with E-state index < -0.39 is 0 Å². The van der Waals surface area contributed by atoms with Gasteiger partial charge in [0.05, 0.1) is 7.11 Å². The molecular formula is C28H24ClNO3. The highest BCUT2D eigenvalue weighted by atomic mass is 35.5. The highest BCUT2D eigenvalue weighted by molar-refractivity contribution is 6.30. The summed E-state index contributed by atoms with van der Waals surface area (Å²) >= 11 is 5.97. The Balaban J connectivity index is 1.52. The fraction of sp³-hybridized carbons (Fsp3) is 0.179. The van der Waals surface area contributed by atoms with Gasteiger partial charge >= 0.3 is 0 Å². The maximum Gasteiger partial charge on any atom is 0.227 e. The first-order chi connectivity index (χ1) is 16.0. The second-order valence-corrected chi connectivity index (χ2v) is 8.69. The number of fused-ring (bicyclic) bond motifs is 3. The Labute approximate surface area is 198 Å². The van der Waals surface area contributed by atoms with Crippen LogP contribution < -0.4 is 14.4 Å². The Morgan fingerprint density at radius 1 is 0.970 bits per heavy atom.